The number of nitrogens with zero attached hydrogens (tertiary/aromatic N) is 1. The van der Waals surface area contributed by atoms with Crippen LogP contribution in [0.2, 0.25) is 0 Å². The van der Waals surface area contributed by atoms with Gasteiger partial charge in [0.1, 0.15) is 5.82 Å². The van der Waals surface area contributed by atoms with Gasteiger partial charge in [0.2, 0.25) is 5.91 Å². The minimum Gasteiger partial charge on any atom is -0.374 e. The molecule has 0 aromatic heterocycles. The van der Waals surface area contributed by atoms with Crippen LogP contribution in [0.5, 0.6) is 0 Å². The van der Waals surface area contributed by atoms with Crippen molar-refractivity contribution in [3.63, 3.8) is 0 Å². The summed E-state index contributed by atoms with van der Waals surface area (Å²) in [6.45, 7) is 1.56. The molecule has 2 amide bonds. The summed E-state index contributed by atoms with van der Waals surface area (Å²) in [5.74, 6) is -0.668. The summed E-state index contributed by atoms with van der Waals surface area (Å²) in [5.41, 5.74) is 1.49. The molecule has 0 bridgehead atoms. The Kier molecular flexibility index (Phi) is 5.28. The summed E-state index contributed by atoms with van der Waals surface area (Å²) >= 11 is 0. The summed E-state index contributed by atoms with van der Waals surface area (Å²) in [6.07, 6.45) is 2.10. The van der Waals surface area contributed by atoms with Crippen molar-refractivity contribution in [2.24, 2.45) is 0 Å². The van der Waals surface area contributed by atoms with Crippen molar-refractivity contribution in [3.8, 4) is 0 Å². The average Bonchev–Trinajstić information content (AvgIpc) is 3.16. The predicted octanol–water partition coefficient (Wildman–Crippen LogP) is 3.11. The highest BCUT2D eigenvalue weighted by Crippen LogP contribution is 2.16. The minimum atomic E-state index is -0.403. The van der Waals surface area contributed by atoms with Crippen LogP contribution in [0.1, 0.15) is 23.2 Å². The Bertz CT molecular complexity index is 756. The van der Waals surface area contributed by atoms with E-state index in [1.165, 1.54) is 6.07 Å². The van der Waals surface area contributed by atoms with Gasteiger partial charge in [0.05, 0.1) is 12.2 Å². The number of hydrogen-bond donors (Lipinski definition) is 2. The van der Waals surface area contributed by atoms with Gasteiger partial charge in [-0.2, -0.15) is 0 Å². The largest absolute Gasteiger partial charge is 0.374 e. The molecule has 0 atom stereocenters. The molecule has 2 N–H and O–H groups in total. The Morgan fingerprint density at radius 3 is 2.36 bits per heavy atom. The van der Waals surface area contributed by atoms with E-state index in [1.54, 1.807) is 42.5 Å². The molecule has 0 unspecified atom stereocenters. The third-order valence-corrected chi connectivity index (χ3v) is 4.12. The van der Waals surface area contributed by atoms with Gasteiger partial charge in [-0.25, -0.2) is 4.39 Å². The number of anilines is 2. The van der Waals surface area contributed by atoms with Crippen LogP contribution < -0.4 is 10.6 Å². The van der Waals surface area contributed by atoms with Crippen molar-refractivity contribution >= 4 is 23.2 Å². The van der Waals surface area contributed by atoms with Crippen LogP contribution in [-0.2, 0) is 4.79 Å². The number of likely N-dealkylation sites (tertiary alicyclic amines) is 1. The number of nitrogens with one attached hydrogen (secondary N) is 2. The summed E-state index contributed by atoms with van der Waals surface area (Å²) in [7, 11) is 0. The zero-order valence-corrected chi connectivity index (χ0v) is 13.8. The summed E-state index contributed by atoms with van der Waals surface area (Å²) < 4.78 is 13.5. The molecule has 6 heteroatoms. The SMILES string of the molecule is O=C(CNc1ccccc1F)Nc1ccc(C(=O)N2CCCC2)cc1. The van der Waals surface area contributed by atoms with E-state index >= 15 is 0 Å². The number of rotatable bonds is 5. The van der Waals surface area contributed by atoms with Gasteiger partial charge in [0.15, 0.2) is 0 Å². The van der Waals surface area contributed by atoms with Gasteiger partial charge >= 0.3 is 0 Å². The third kappa shape index (κ3) is 4.35. The Balaban J connectivity index is 1.53. The highest BCUT2D eigenvalue weighted by atomic mass is 19.1. The fourth-order valence-electron chi connectivity index (χ4n) is 2.78. The predicted molar refractivity (Wildman–Crippen MR) is 95.1 cm³/mol. The lowest BCUT2D eigenvalue weighted by Gasteiger charge is -2.15. The molecule has 2 aromatic carbocycles. The normalized spacial score (nSPS) is 13.6. The summed E-state index contributed by atoms with van der Waals surface area (Å²) in [5, 5.41) is 5.47. The third-order valence-electron chi connectivity index (χ3n) is 4.12. The molecule has 130 valence electrons. The van der Waals surface area contributed by atoms with Gasteiger partial charge in [-0.15, -0.1) is 0 Å². The Labute approximate surface area is 145 Å². The maximum absolute atomic E-state index is 13.5. The zero-order valence-electron chi connectivity index (χ0n) is 13.8. The first-order valence-electron chi connectivity index (χ1n) is 8.31. The van der Waals surface area contributed by atoms with Crippen molar-refractivity contribution in [1.29, 1.82) is 0 Å². The van der Waals surface area contributed by atoms with E-state index in [0.717, 1.165) is 25.9 Å². The van der Waals surface area contributed by atoms with Crippen molar-refractivity contribution in [3.05, 3.63) is 59.9 Å². The lowest BCUT2D eigenvalue weighted by Crippen LogP contribution is -2.27. The number of para-hydroxylation sites is 1. The second-order valence-electron chi connectivity index (χ2n) is 5.96. The quantitative estimate of drug-likeness (QED) is 0.878. The molecule has 1 aliphatic heterocycles. The lowest BCUT2D eigenvalue weighted by atomic mass is 10.2. The molecule has 0 spiro atoms. The molecule has 1 heterocycles. The number of carbonyl (C=O) groups is 2. The van der Waals surface area contributed by atoms with E-state index in [4.69, 9.17) is 0 Å². The van der Waals surface area contributed by atoms with Gasteiger partial charge in [0, 0.05) is 24.3 Å². The number of hydrogen-bond acceptors (Lipinski definition) is 3. The lowest BCUT2D eigenvalue weighted by molar-refractivity contribution is -0.114. The monoisotopic (exact) mass is 341 g/mol. The first-order chi connectivity index (χ1) is 12.1. The fraction of sp³-hybridized carbons (Fsp3) is 0.263. The smallest absolute Gasteiger partial charge is 0.253 e. The van der Waals surface area contributed by atoms with Crippen molar-refractivity contribution < 1.29 is 14.0 Å². The first-order valence-corrected chi connectivity index (χ1v) is 8.31. The van der Waals surface area contributed by atoms with Crippen LogP contribution >= 0.6 is 0 Å². The van der Waals surface area contributed by atoms with E-state index in [-0.39, 0.29) is 24.0 Å². The molecule has 3 rings (SSSR count). The average molecular weight is 341 g/mol. The molecule has 2 aromatic rings. The highest BCUT2D eigenvalue weighted by Gasteiger charge is 2.19. The summed E-state index contributed by atoms with van der Waals surface area (Å²) in [4.78, 5) is 26.1. The first kappa shape index (κ1) is 17.0. The topological polar surface area (TPSA) is 61.4 Å². The van der Waals surface area contributed by atoms with Gasteiger partial charge in [0.25, 0.3) is 5.91 Å². The molecule has 25 heavy (non-hydrogen) atoms. The molecule has 5 nitrogen and oxygen atoms in total. The van der Waals surface area contributed by atoms with Crippen LogP contribution in [-0.4, -0.2) is 36.3 Å². The van der Waals surface area contributed by atoms with Crippen LogP contribution in [0.25, 0.3) is 0 Å². The zero-order chi connectivity index (χ0) is 17.6. The van der Waals surface area contributed by atoms with E-state index in [0.29, 0.717) is 11.3 Å². The standard InChI is InChI=1S/C19H20FN3O2/c20-16-5-1-2-6-17(16)21-13-18(24)22-15-9-7-14(8-10-15)19(25)23-11-3-4-12-23/h1-2,5-10,21H,3-4,11-13H2,(H,22,24). The molecule has 0 saturated carbocycles. The summed E-state index contributed by atoms with van der Waals surface area (Å²) in [6, 6.07) is 13.0. The molecular weight excluding hydrogens is 321 g/mol. The maximum Gasteiger partial charge on any atom is 0.253 e. The number of halogens is 1. The highest BCUT2D eigenvalue weighted by molar-refractivity contribution is 5.96. The van der Waals surface area contributed by atoms with Crippen LogP contribution in [0.3, 0.4) is 0 Å². The van der Waals surface area contributed by atoms with Gasteiger partial charge in [-0.1, -0.05) is 12.1 Å². The van der Waals surface area contributed by atoms with Gasteiger partial charge in [-0.05, 0) is 49.2 Å². The van der Waals surface area contributed by atoms with Gasteiger partial charge < -0.3 is 15.5 Å². The fourth-order valence-corrected chi connectivity index (χ4v) is 2.78. The second kappa shape index (κ2) is 7.79. The van der Waals surface area contributed by atoms with E-state index in [9.17, 15) is 14.0 Å². The van der Waals surface area contributed by atoms with Crippen molar-refractivity contribution in [2.75, 3.05) is 30.3 Å². The van der Waals surface area contributed by atoms with Crippen molar-refractivity contribution in [2.45, 2.75) is 12.8 Å². The molecular formula is C19H20FN3O2. The van der Waals surface area contributed by atoms with Crippen LogP contribution in [0, 0.1) is 5.82 Å². The molecule has 0 aliphatic carbocycles. The molecule has 1 saturated heterocycles. The number of amides is 2. The van der Waals surface area contributed by atoms with Gasteiger partial charge in [-0.3, -0.25) is 9.59 Å². The molecule has 1 fully saturated rings. The Morgan fingerprint density at radius 2 is 1.68 bits per heavy atom. The van der Waals surface area contributed by atoms with Crippen LogP contribution in [0.4, 0.5) is 15.8 Å². The van der Waals surface area contributed by atoms with E-state index in [2.05, 4.69) is 10.6 Å². The molecule has 1 aliphatic rings. The maximum atomic E-state index is 13.5. The van der Waals surface area contributed by atoms with Crippen LogP contribution in [0.15, 0.2) is 48.5 Å². The second-order valence-corrected chi connectivity index (χ2v) is 5.96. The Hall–Kier alpha value is -2.89. The Morgan fingerprint density at radius 1 is 1.00 bits per heavy atom. The molecule has 0 radical (unpaired) electrons. The van der Waals surface area contributed by atoms with E-state index in [1.807, 2.05) is 4.90 Å². The number of benzene rings is 2. The minimum absolute atomic E-state index is 0.0246. The number of carbonyl (C=O) groups excluding carboxylic acids is 2. The van der Waals surface area contributed by atoms with Crippen molar-refractivity contribution in [1.82, 2.24) is 4.90 Å². The van der Waals surface area contributed by atoms with E-state index < -0.39 is 5.82 Å².